The summed E-state index contributed by atoms with van der Waals surface area (Å²) in [6.45, 7) is 3.00. The first-order valence-corrected chi connectivity index (χ1v) is 4.32. The van der Waals surface area contributed by atoms with Gasteiger partial charge in [-0.1, -0.05) is 0 Å². The van der Waals surface area contributed by atoms with Crippen molar-refractivity contribution in [3.8, 4) is 0 Å². The first-order chi connectivity index (χ1) is 6.19. The van der Waals surface area contributed by atoms with Gasteiger partial charge in [0.1, 0.15) is 5.69 Å². The van der Waals surface area contributed by atoms with Gasteiger partial charge in [-0.25, -0.2) is 0 Å². The predicted octanol–water partition coefficient (Wildman–Crippen LogP) is 0.233. The highest BCUT2D eigenvalue weighted by Gasteiger charge is 2.09. The number of nitrogens with one attached hydrogen (secondary N) is 1. The number of hydrogen-bond acceptors (Lipinski definition) is 2. The molecule has 0 aliphatic heterocycles. The molecule has 1 aromatic rings. The van der Waals surface area contributed by atoms with E-state index in [0.717, 1.165) is 5.56 Å². The lowest BCUT2D eigenvalue weighted by Crippen LogP contribution is -2.24. The minimum absolute atomic E-state index is 0.0512. The van der Waals surface area contributed by atoms with Crippen LogP contribution in [0.3, 0.4) is 0 Å². The minimum atomic E-state index is -0.0512. The van der Waals surface area contributed by atoms with Crippen molar-refractivity contribution in [2.24, 2.45) is 12.8 Å². The van der Waals surface area contributed by atoms with Gasteiger partial charge >= 0.3 is 0 Å². The van der Waals surface area contributed by atoms with E-state index in [2.05, 4.69) is 5.32 Å². The average molecular weight is 181 g/mol. The molecule has 0 radical (unpaired) electrons. The molecule has 3 N–H and O–H groups in total. The van der Waals surface area contributed by atoms with Gasteiger partial charge in [-0.2, -0.15) is 0 Å². The van der Waals surface area contributed by atoms with Crippen LogP contribution in [0.5, 0.6) is 0 Å². The standard InChI is InChI=1S/C9H15N3O/c1-3-11-9(13)8-4-7(5-10)6-12(8)2/h4,6H,3,5,10H2,1-2H3,(H,11,13). The maximum atomic E-state index is 11.4. The third kappa shape index (κ3) is 2.09. The quantitative estimate of drug-likeness (QED) is 0.701. The summed E-state index contributed by atoms with van der Waals surface area (Å²) in [5.74, 6) is -0.0512. The van der Waals surface area contributed by atoms with Crippen molar-refractivity contribution in [1.29, 1.82) is 0 Å². The molecule has 0 unspecified atom stereocenters. The molecule has 0 saturated carbocycles. The van der Waals surface area contributed by atoms with E-state index >= 15 is 0 Å². The van der Waals surface area contributed by atoms with Gasteiger partial charge in [-0.3, -0.25) is 4.79 Å². The monoisotopic (exact) mass is 181 g/mol. The summed E-state index contributed by atoms with van der Waals surface area (Å²) in [4.78, 5) is 11.4. The molecule has 0 spiro atoms. The van der Waals surface area contributed by atoms with E-state index in [1.165, 1.54) is 0 Å². The maximum Gasteiger partial charge on any atom is 0.267 e. The van der Waals surface area contributed by atoms with Crippen LogP contribution >= 0.6 is 0 Å². The number of aromatic nitrogens is 1. The lowest BCUT2D eigenvalue weighted by atomic mass is 10.3. The topological polar surface area (TPSA) is 60.1 Å². The highest BCUT2D eigenvalue weighted by molar-refractivity contribution is 5.92. The third-order valence-corrected chi connectivity index (χ3v) is 1.87. The van der Waals surface area contributed by atoms with E-state index in [4.69, 9.17) is 5.73 Å². The second kappa shape index (κ2) is 4.09. The average Bonchev–Trinajstić information content (AvgIpc) is 2.47. The fourth-order valence-electron chi connectivity index (χ4n) is 1.22. The molecule has 1 rings (SSSR count). The van der Waals surface area contributed by atoms with E-state index in [9.17, 15) is 4.79 Å². The van der Waals surface area contributed by atoms with Crippen LogP contribution in [-0.2, 0) is 13.6 Å². The van der Waals surface area contributed by atoms with E-state index in [1.54, 1.807) is 4.57 Å². The Kier molecular flexibility index (Phi) is 3.08. The summed E-state index contributed by atoms with van der Waals surface area (Å²) in [6.07, 6.45) is 1.87. The molecular formula is C9H15N3O. The molecule has 1 aromatic heterocycles. The Bertz CT molecular complexity index is 304. The van der Waals surface area contributed by atoms with Crippen molar-refractivity contribution >= 4 is 5.91 Å². The second-order valence-corrected chi connectivity index (χ2v) is 2.91. The van der Waals surface area contributed by atoms with Gasteiger partial charge in [-0.15, -0.1) is 0 Å². The van der Waals surface area contributed by atoms with E-state index in [0.29, 0.717) is 18.8 Å². The number of aryl methyl sites for hydroxylation is 1. The molecule has 0 saturated heterocycles. The van der Waals surface area contributed by atoms with Crippen LogP contribution in [0.1, 0.15) is 23.0 Å². The number of amides is 1. The van der Waals surface area contributed by atoms with Crippen LogP contribution in [0.15, 0.2) is 12.3 Å². The molecule has 1 amide bonds. The Balaban J connectivity index is 2.87. The number of nitrogens with two attached hydrogens (primary N) is 1. The predicted molar refractivity (Wildman–Crippen MR) is 51.3 cm³/mol. The van der Waals surface area contributed by atoms with E-state index < -0.39 is 0 Å². The van der Waals surface area contributed by atoms with Gasteiger partial charge in [0.2, 0.25) is 0 Å². The van der Waals surface area contributed by atoms with Crippen molar-refractivity contribution in [1.82, 2.24) is 9.88 Å². The largest absolute Gasteiger partial charge is 0.351 e. The minimum Gasteiger partial charge on any atom is -0.351 e. The summed E-state index contributed by atoms with van der Waals surface area (Å²) in [5.41, 5.74) is 7.09. The van der Waals surface area contributed by atoms with Crippen LogP contribution in [0.2, 0.25) is 0 Å². The highest BCUT2D eigenvalue weighted by atomic mass is 16.1. The van der Waals surface area contributed by atoms with Crippen LogP contribution < -0.4 is 11.1 Å². The second-order valence-electron chi connectivity index (χ2n) is 2.91. The molecule has 0 aliphatic carbocycles. The lowest BCUT2D eigenvalue weighted by Gasteiger charge is -2.01. The summed E-state index contributed by atoms with van der Waals surface area (Å²) in [5, 5.41) is 2.74. The molecular weight excluding hydrogens is 166 g/mol. The smallest absolute Gasteiger partial charge is 0.267 e. The van der Waals surface area contributed by atoms with Crippen molar-refractivity contribution in [3.63, 3.8) is 0 Å². The van der Waals surface area contributed by atoms with Crippen LogP contribution in [-0.4, -0.2) is 17.0 Å². The molecule has 0 aromatic carbocycles. The Labute approximate surface area is 77.7 Å². The fraction of sp³-hybridized carbons (Fsp3) is 0.444. The first kappa shape index (κ1) is 9.80. The van der Waals surface area contributed by atoms with Crippen molar-refractivity contribution < 1.29 is 4.79 Å². The SMILES string of the molecule is CCNC(=O)c1cc(CN)cn1C. The van der Waals surface area contributed by atoms with Gasteiger partial charge in [0.15, 0.2) is 0 Å². The number of rotatable bonds is 3. The third-order valence-electron chi connectivity index (χ3n) is 1.87. The molecule has 0 bridgehead atoms. The highest BCUT2D eigenvalue weighted by Crippen LogP contribution is 2.05. The Morgan fingerprint density at radius 3 is 2.85 bits per heavy atom. The Hall–Kier alpha value is -1.29. The first-order valence-electron chi connectivity index (χ1n) is 4.32. The van der Waals surface area contributed by atoms with Gasteiger partial charge in [-0.05, 0) is 18.6 Å². The summed E-state index contributed by atoms with van der Waals surface area (Å²) in [7, 11) is 1.84. The van der Waals surface area contributed by atoms with Crippen LogP contribution in [0, 0.1) is 0 Å². The van der Waals surface area contributed by atoms with Crippen molar-refractivity contribution in [2.75, 3.05) is 6.54 Å². The molecule has 0 aliphatic rings. The summed E-state index contributed by atoms with van der Waals surface area (Å²) in [6, 6.07) is 1.81. The summed E-state index contributed by atoms with van der Waals surface area (Å²) >= 11 is 0. The van der Waals surface area contributed by atoms with E-state index in [1.807, 2.05) is 26.2 Å². The number of carbonyl (C=O) groups excluding carboxylic acids is 1. The van der Waals surface area contributed by atoms with Crippen LogP contribution in [0.25, 0.3) is 0 Å². The molecule has 1 heterocycles. The van der Waals surface area contributed by atoms with Gasteiger partial charge in [0.25, 0.3) is 5.91 Å². The van der Waals surface area contributed by atoms with Crippen LogP contribution in [0.4, 0.5) is 0 Å². The van der Waals surface area contributed by atoms with Gasteiger partial charge < -0.3 is 15.6 Å². The fourth-order valence-corrected chi connectivity index (χ4v) is 1.22. The normalized spacial score (nSPS) is 10.1. The zero-order chi connectivity index (χ0) is 9.84. The molecule has 72 valence electrons. The van der Waals surface area contributed by atoms with Crippen molar-refractivity contribution in [2.45, 2.75) is 13.5 Å². The number of carbonyl (C=O) groups is 1. The zero-order valence-electron chi connectivity index (χ0n) is 8.00. The zero-order valence-corrected chi connectivity index (χ0v) is 8.00. The van der Waals surface area contributed by atoms with Gasteiger partial charge in [0.05, 0.1) is 0 Å². The van der Waals surface area contributed by atoms with Crippen molar-refractivity contribution in [3.05, 3.63) is 23.5 Å². The molecule has 13 heavy (non-hydrogen) atoms. The van der Waals surface area contributed by atoms with E-state index in [-0.39, 0.29) is 5.91 Å². The number of hydrogen-bond donors (Lipinski definition) is 2. The Morgan fingerprint density at radius 1 is 1.69 bits per heavy atom. The Morgan fingerprint density at radius 2 is 2.38 bits per heavy atom. The maximum absolute atomic E-state index is 11.4. The lowest BCUT2D eigenvalue weighted by molar-refractivity contribution is 0.0948. The van der Waals surface area contributed by atoms with Gasteiger partial charge in [0, 0.05) is 26.3 Å². The molecule has 0 fully saturated rings. The molecule has 4 nitrogen and oxygen atoms in total. The molecule has 4 heteroatoms. The summed E-state index contributed by atoms with van der Waals surface area (Å²) < 4.78 is 1.78. The number of nitrogens with zero attached hydrogens (tertiary/aromatic N) is 1. The molecule has 0 atom stereocenters.